The molecule has 1 atom stereocenters. The lowest BCUT2D eigenvalue weighted by Crippen LogP contribution is -2.44. The zero-order chi connectivity index (χ0) is 18.8. The quantitative estimate of drug-likeness (QED) is 0.178. The van der Waals surface area contributed by atoms with Crippen LogP contribution in [0.15, 0.2) is 35.6 Å². The molecule has 0 heterocycles. The maximum absolute atomic E-state index is 11.8. The van der Waals surface area contributed by atoms with E-state index in [2.05, 4.69) is 19.6 Å². The number of hydrogen-bond acceptors (Lipinski definition) is 7. The van der Waals surface area contributed by atoms with Crippen LogP contribution in [0.4, 0.5) is 4.79 Å². The summed E-state index contributed by atoms with van der Waals surface area (Å²) in [5, 5.41) is 25.1. The van der Waals surface area contributed by atoms with Crippen LogP contribution in [0.3, 0.4) is 0 Å². The van der Waals surface area contributed by atoms with Crippen molar-refractivity contribution < 1.29 is 34.0 Å². The molecule has 0 saturated heterocycles. The third-order valence-electron chi connectivity index (χ3n) is 2.97. The van der Waals surface area contributed by atoms with Gasteiger partial charge in [-0.25, -0.2) is 9.59 Å². The minimum atomic E-state index is -1.20. The second-order valence-electron chi connectivity index (χ2n) is 5.26. The van der Waals surface area contributed by atoms with Gasteiger partial charge in [-0.15, -0.1) is 5.01 Å². The molecule has 10 heteroatoms. The fraction of sp³-hybridized carbons (Fsp3) is 0.467. The predicted octanol–water partition coefficient (Wildman–Crippen LogP) is 1.94. The Morgan fingerprint density at radius 3 is 2.52 bits per heavy atom. The summed E-state index contributed by atoms with van der Waals surface area (Å²) < 4.78 is 9.19. The first-order chi connectivity index (χ1) is 11.8. The summed E-state index contributed by atoms with van der Waals surface area (Å²) in [6, 6.07) is 7.69. The molecule has 0 bridgehead atoms. The van der Waals surface area contributed by atoms with Crippen molar-refractivity contribution in [2.75, 3.05) is 13.8 Å². The molecule has 0 aromatic heterocycles. The van der Waals surface area contributed by atoms with Gasteiger partial charge in [0.2, 0.25) is 5.28 Å². The molecule has 0 fully saturated rings. The molecule has 0 unspecified atom stereocenters. The number of hydrazine groups is 1. The van der Waals surface area contributed by atoms with Gasteiger partial charge in [-0.3, -0.25) is 0 Å². The third-order valence-corrected chi connectivity index (χ3v) is 2.97. The highest BCUT2D eigenvalue weighted by Crippen LogP contribution is 2.09. The zero-order valence-corrected chi connectivity index (χ0v) is 14.2. The summed E-state index contributed by atoms with van der Waals surface area (Å²) in [5.41, 5.74) is 0.746. The lowest BCUT2D eigenvalue weighted by Gasteiger charge is -2.20. The summed E-state index contributed by atoms with van der Waals surface area (Å²) in [7, 11) is 1.26. The highest BCUT2D eigenvalue weighted by atomic mass is 16.8. The van der Waals surface area contributed by atoms with Crippen molar-refractivity contribution in [3.8, 4) is 0 Å². The van der Waals surface area contributed by atoms with Crippen molar-refractivity contribution in [2.45, 2.75) is 32.4 Å². The first-order valence-electron chi connectivity index (χ1n) is 7.44. The second kappa shape index (κ2) is 9.96. The number of benzene rings is 1. The fourth-order valence-electron chi connectivity index (χ4n) is 1.77. The third kappa shape index (κ3) is 7.38. The molecular weight excluding hydrogens is 334 g/mol. The van der Waals surface area contributed by atoms with Crippen LogP contribution in [0.5, 0.6) is 0 Å². The van der Waals surface area contributed by atoms with E-state index in [1.165, 1.54) is 7.05 Å². The van der Waals surface area contributed by atoms with Crippen molar-refractivity contribution in [3.63, 3.8) is 0 Å². The van der Waals surface area contributed by atoms with Crippen molar-refractivity contribution >= 4 is 12.1 Å². The predicted molar refractivity (Wildman–Crippen MR) is 84.0 cm³/mol. The Hall–Kier alpha value is -3.04. The number of likely N-dealkylation sites (N-methyl/N-ethyl adjacent to an activating group) is 1. The summed E-state index contributed by atoms with van der Waals surface area (Å²) in [6.45, 7) is 2.63. The van der Waals surface area contributed by atoms with E-state index in [1.54, 1.807) is 44.2 Å². The molecule has 1 rings (SSSR count). The van der Waals surface area contributed by atoms with Gasteiger partial charge in [0.05, 0.1) is 18.1 Å². The Morgan fingerprint density at radius 2 is 1.96 bits per heavy atom. The molecule has 1 aromatic rings. The number of ether oxygens (including phenoxy) is 2. The Labute approximate surface area is 144 Å². The minimum absolute atomic E-state index is 0.0289. The number of carbonyl (C=O) groups excluding carboxylic acids is 1. The number of carboxylic acid groups (broad SMARTS) is 1. The van der Waals surface area contributed by atoms with E-state index >= 15 is 0 Å². The van der Waals surface area contributed by atoms with E-state index in [0.29, 0.717) is 0 Å². The standard InChI is InChI=1S/C15H21N3O7/c1-11(2)25-15(21)23-10-24-16-18(22)17(3)13(14(19)20)9-12-7-5-4-6-8-12/h4-8,11,13H,9-10H2,1-3H3,(H,19,20)/t13-/m0/s1. The smallest absolute Gasteiger partial charge is 0.511 e. The van der Waals surface area contributed by atoms with Crippen LogP contribution >= 0.6 is 0 Å². The van der Waals surface area contributed by atoms with Crippen LogP contribution in [0, 0.1) is 5.21 Å². The molecule has 0 radical (unpaired) electrons. The average molecular weight is 355 g/mol. The molecule has 25 heavy (non-hydrogen) atoms. The number of hydrogen-bond donors (Lipinski definition) is 1. The number of rotatable bonds is 9. The van der Waals surface area contributed by atoms with E-state index in [0.717, 1.165) is 10.6 Å². The van der Waals surface area contributed by atoms with Gasteiger partial charge < -0.3 is 24.6 Å². The van der Waals surface area contributed by atoms with Gasteiger partial charge >= 0.3 is 12.1 Å². The van der Waals surface area contributed by atoms with Crippen molar-refractivity contribution in [2.24, 2.45) is 5.28 Å². The van der Waals surface area contributed by atoms with Crippen LogP contribution in [0.1, 0.15) is 19.4 Å². The molecule has 0 amide bonds. The van der Waals surface area contributed by atoms with Gasteiger partial charge in [0.1, 0.15) is 0 Å². The number of carbonyl (C=O) groups is 2. The van der Waals surface area contributed by atoms with Gasteiger partial charge in [0.15, 0.2) is 6.04 Å². The summed E-state index contributed by atoms with van der Waals surface area (Å²) >= 11 is 0. The summed E-state index contributed by atoms with van der Waals surface area (Å²) in [4.78, 5) is 27.0. The summed E-state index contributed by atoms with van der Waals surface area (Å²) in [6.07, 6.45) is -1.23. The van der Waals surface area contributed by atoms with Gasteiger partial charge in [0.25, 0.3) is 6.79 Å². The van der Waals surface area contributed by atoms with Crippen LogP contribution in [-0.4, -0.2) is 53.2 Å². The Morgan fingerprint density at radius 1 is 1.32 bits per heavy atom. The Balaban J connectivity index is 2.57. The molecule has 0 aliphatic heterocycles. The fourth-order valence-corrected chi connectivity index (χ4v) is 1.77. The first-order valence-corrected chi connectivity index (χ1v) is 7.44. The van der Waals surface area contributed by atoms with Gasteiger partial charge in [-0.2, -0.15) is 0 Å². The number of carboxylic acids is 1. The first kappa shape index (κ1) is 20.0. The maximum Gasteiger partial charge on any atom is 0.511 e. The van der Waals surface area contributed by atoms with Crippen LogP contribution in [-0.2, 0) is 25.5 Å². The second-order valence-corrected chi connectivity index (χ2v) is 5.26. The van der Waals surface area contributed by atoms with Gasteiger partial charge in [-0.1, -0.05) is 30.3 Å². The average Bonchev–Trinajstić information content (AvgIpc) is 2.55. The molecule has 0 saturated carbocycles. The van der Waals surface area contributed by atoms with Crippen molar-refractivity contribution in [3.05, 3.63) is 41.1 Å². The monoisotopic (exact) mass is 355 g/mol. The highest BCUT2D eigenvalue weighted by molar-refractivity contribution is 5.73. The molecular formula is C15H21N3O7. The molecule has 1 N–H and O–H groups in total. The van der Waals surface area contributed by atoms with Crippen molar-refractivity contribution in [1.82, 2.24) is 5.01 Å². The van der Waals surface area contributed by atoms with E-state index < -0.39 is 25.0 Å². The van der Waals surface area contributed by atoms with E-state index in [9.17, 15) is 19.9 Å². The highest BCUT2D eigenvalue weighted by Gasteiger charge is 2.29. The number of nitrogens with zero attached hydrogens (tertiary/aromatic N) is 3. The molecule has 1 aromatic carbocycles. The molecule has 0 aliphatic carbocycles. The number of aliphatic carboxylic acids is 1. The Bertz CT molecular complexity index is 592. The topological polar surface area (TPSA) is 124 Å². The summed E-state index contributed by atoms with van der Waals surface area (Å²) in [5.74, 6) is -1.20. The SMILES string of the molecule is CC(C)OC(=O)OCON=[N+]([O-])N(C)[C@@H](Cc1ccccc1)C(=O)O. The van der Waals surface area contributed by atoms with Gasteiger partial charge in [-0.05, 0) is 19.4 Å². The van der Waals surface area contributed by atoms with E-state index in [-0.39, 0.29) is 17.5 Å². The maximum atomic E-state index is 11.8. The van der Waals surface area contributed by atoms with Crippen molar-refractivity contribution in [1.29, 1.82) is 0 Å². The van der Waals surface area contributed by atoms with Crippen LogP contribution in [0.2, 0.25) is 0 Å². The molecule has 138 valence electrons. The lowest BCUT2D eigenvalue weighted by molar-refractivity contribution is -0.711. The Kier molecular flexibility index (Phi) is 7.97. The van der Waals surface area contributed by atoms with E-state index in [1.807, 2.05) is 0 Å². The van der Waals surface area contributed by atoms with Gasteiger partial charge in [0, 0.05) is 6.42 Å². The molecule has 0 aliphatic rings. The van der Waals surface area contributed by atoms with Crippen LogP contribution in [0.25, 0.3) is 0 Å². The molecule has 10 nitrogen and oxygen atoms in total. The minimum Gasteiger partial charge on any atom is -0.569 e. The van der Waals surface area contributed by atoms with E-state index in [4.69, 9.17) is 0 Å². The zero-order valence-electron chi connectivity index (χ0n) is 14.2. The largest absolute Gasteiger partial charge is 0.569 e. The lowest BCUT2D eigenvalue weighted by atomic mass is 10.1. The normalized spacial score (nSPS) is 12.4. The molecule has 0 spiro atoms. The van der Waals surface area contributed by atoms with Crippen LogP contribution < -0.4 is 0 Å².